The number of unbranched alkanes of at least 4 members (excludes halogenated alkanes) is 1. The first kappa shape index (κ1) is 34.6. The van der Waals surface area contributed by atoms with Crippen molar-refractivity contribution in [2.45, 2.75) is 25.7 Å². The van der Waals surface area contributed by atoms with Crippen LogP contribution in [-0.4, -0.2) is 82.1 Å². The molecule has 0 aliphatic heterocycles. The summed E-state index contributed by atoms with van der Waals surface area (Å²) in [6.07, 6.45) is 6.70. The molecule has 0 saturated carbocycles. The van der Waals surface area contributed by atoms with Gasteiger partial charge in [-0.15, -0.1) is 0 Å². The summed E-state index contributed by atoms with van der Waals surface area (Å²) < 4.78 is 15.5. The standard InChI is InChI=1S/C19H24N6O.C15H18N6.CH3F/c1-25(2)19(26)5-3-4-9-21-16-12-18(20)23-17-11-13(6-7-14(16)17)15-8-10-22-24-15;16-5-1-6-18-13-9-15(17)20-14-8-10(2-3-11(13)14)12-4-7-19-21-12;1-2/h6-8,10-12H,3-5,9H2,1-2H3,(H,22,24)(H3,20,21,23);2-4,7-9H,1,5-6,16H2,(H,19,21)(H3,17,18,20);1H3/i;;1D. The number of carbonyl (C=O) groups excluding carboxylic acids is 1. The zero-order chi connectivity index (χ0) is 35.9. The molecule has 258 valence electrons. The van der Waals surface area contributed by atoms with E-state index in [9.17, 15) is 9.18 Å². The summed E-state index contributed by atoms with van der Waals surface area (Å²) in [6, 6.07) is 19.7. The lowest BCUT2D eigenvalue weighted by Gasteiger charge is -2.12. The lowest BCUT2D eigenvalue weighted by atomic mass is 10.1. The quantitative estimate of drug-likeness (QED) is 0.0823. The van der Waals surface area contributed by atoms with Crippen molar-refractivity contribution in [1.29, 1.82) is 0 Å². The van der Waals surface area contributed by atoms with E-state index in [0.29, 0.717) is 24.6 Å². The topological polar surface area (TPSA) is 206 Å². The summed E-state index contributed by atoms with van der Waals surface area (Å²) >= 11 is 0. The maximum absolute atomic E-state index is 11.6. The monoisotopic (exact) mass is 669 g/mol. The van der Waals surface area contributed by atoms with Gasteiger partial charge in [0.2, 0.25) is 5.91 Å². The Hall–Kier alpha value is -5.76. The minimum Gasteiger partial charge on any atom is -0.384 e. The number of halogens is 1. The number of nitrogens with one attached hydrogen (secondary N) is 4. The van der Waals surface area contributed by atoms with Gasteiger partial charge >= 0.3 is 0 Å². The third-order valence-electron chi connectivity index (χ3n) is 7.61. The molecule has 0 saturated heterocycles. The highest BCUT2D eigenvalue weighted by Crippen LogP contribution is 2.30. The minimum atomic E-state index is -1.00. The van der Waals surface area contributed by atoms with Crippen LogP contribution < -0.4 is 27.8 Å². The number of carbonyl (C=O) groups is 1. The van der Waals surface area contributed by atoms with Crippen LogP contribution in [0.3, 0.4) is 0 Å². The Morgan fingerprint density at radius 3 is 1.71 bits per heavy atom. The molecule has 0 aliphatic rings. The Labute approximate surface area is 286 Å². The zero-order valence-electron chi connectivity index (χ0n) is 28.8. The summed E-state index contributed by atoms with van der Waals surface area (Å²) in [6.45, 7) is 2.26. The Morgan fingerprint density at radius 1 is 0.796 bits per heavy atom. The molecule has 0 aliphatic carbocycles. The van der Waals surface area contributed by atoms with Crippen molar-refractivity contribution >= 4 is 50.7 Å². The number of alkyl halides is 1. The van der Waals surface area contributed by atoms with Gasteiger partial charge in [-0.25, -0.2) is 9.97 Å². The highest BCUT2D eigenvalue weighted by molar-refractivity contribution is 5.96. The van der Waals surface area contributed by atoms with E-state index in [2.05, 4.69) is 41.0 Å². The Morgan fingerprint density at radius 2 is 1.29 bits per heavy atom. The van der Waals surface area contributed by atoms with Crippen molar-refractivity contribution < 1.29 is 10.6 Å². The number of hydrogen-bond donors (Lipinski definition) is 7. The van der Waals surface area contributed by atoms with E-state index in [-0.39, 0.29) is 5.91 Å². The summed E-state index contributed by atoms with van der Waals surface area (Å²) in [5, 5.41) is 22.7. The average molecular weight is 670 g/mol. The number of benzene rings is 2. The molecular weight excluding hydrogens is 623 g/mol. The minimum absolute atomic E-state index is 0.162. The Kier molecular flexibility index (Phi) is 12.7. The van der Waals surface area contributed by atoms with E-state index in [4.69, 9.17) is 18.6 Å². The van der Waals surface area contributed by atoms with Gasteiger partial charge < -0.3 is 32.7 Å². The first-order valence-electron chi connectivity index (χ1n) is 16.6. The van der Waals surface area contributed by atoms with Crippen LogP contribution in [0, 0.1) is 0 Å². The largest absolute Gasteiger partial charge is 0.384 e. The van der Waals surface area contributed by atoms with Crippen molar-refractivity contribution in [3.63, 3.8) is 0 Å². The van der Waals surface area contributed by atoms with Crippen LogP contribution in [-0.2, 0) is 4.79 Å². The number of H-pyrrole nitrogens is 2. The van der Waals surface area contributed by atoms with E-state index in [1.54, 1.807) is 31.4 Å². The van der Waals surface area contributed by atoms with E-state index in [1.807, 2.05) is 60.7 Å². The summed E-state index contributed by atoms with van der Waals surface area (Å²) in [5.74, 6) is 1.14. The van der Waals surface area contributed by atoms with Crippen LogP contribution in [0.15, 0.2) is 73.1 Å². The van der Waals surface area contributed by atoms with Gasteiger partial charge in [0.05, 0.1) is 30.9 Å². The third kappa shape index (κ3) is 9.87. The first-order chi connectivity index (χ1) is 24.2. The van der Waals surface area contributed by atoms with E-state index in [1.165, 1.54) is 0 Å². The van der Waals surface area contributed by atoms with Crippen molar-refractivity contribution in [2.75, 3.05) is 63.0 Å². The molecule has 14 heteroatoms. The van der Waals surface area contributed by atoms with E-state index < -0.39 is 7.15 Å². The lowest BCUT2D eigenvalue weighted by Crippen LogP contribution is -2.21. The lowest BCUT2D eigenvalue weighted by molar-refractivity contribution is -0.128. The van der Waals surface area contributed by atoms with Crippen LogP contribution in [0.25, 0.3) is 44.3 Å². The second-order valence-corrected chi connectivity index (χ2v) is 11.3. The van der Waals surface area contributed by atoms with E-state index in [0.717, 1.165) is 88.0 Å². The molecule has 1 amide bonds. The number of rotatable bonds is 12. The predicted molar refractivity (Wildman–Crippen MR) is 198 cm³/mol. The number of nitrogens with zero attached hydrogens (tertiary/aromatic N) is 5. The molecule has 0 unspecified atom stereocenters. The van der Waals surface area contributed by atoms with Gasteiger partial charge in [0.1, 0.15) is 11.6 Å². The molecule has 0 atom stereocenters. The van der Waals surface area contributed by atoms with Crippen LogP contribution in [0.5, 0.6) is 0 Å². The molecule has 0 spiro atoms. The maximum atomic E-state index is 11.6. The van der Waals surface area contributed by atoms with Crippen LogP contribution in [0.1, 0.15) is 27.1 Å². The van der Waals surface area contributed by atoms with Crippen molar-refractivity contribution in [3.05, 3.63) is 73.1 Å². The molecule has 0 radical (unpaired) electrons. The van der Waals surface area contributed by atoms with Gasteiger partial charge in [-0.05, 0) is 50.1 Å². The normalized spacial score (nSPS) is 10.8. The molecule has 4 aromatic heterocycles. The van der Waals surface area contributed by atoms with Gasteiger partial charge in [0.15, 0.2) is 0 Å². The van der Waals surface area contributed by atoms with Gasteiger partial charge in [0.25, 0.3) is 0 Å². The van der Waals surface area contributed by atoms with Gasteiger partial charge in [-0.1, -0.05) is 24.3 Å². The fourth-order valence-electron chi connectivity index (χ4n) is 5.13. The number of aromatic nitrogens is 6. The second kappa shape index (κ2) is 18.0. The Bertz CT molecular complexity index is 1930. The zero-order valence-corrected chi connectivity index (χ0v) is 27.8. The summed E-state index contributed by atoms with van der Waals surface area (Å²) in [7, 11) is 2.56. The number of fused-ring (bicyclic) bond motifs is 2. The second-order valence-electron chi connectivity index (χ2n) is 11.3. The molecule has 6 rings (SSSR count). The van der Waals surface area contributed by atoms with Gasteiger partial charge in [0, 0.05) is 91.4 Å². The molecule has 0 fully saturated rings. The highest BCUT2D eigenvalue weighted by atomic mass is 19.1. The number of nitrogen functional groups attached to an aromatic ring is 2. The molecule has 0 bridgehead atoms. The van der Waals surface area contributed by atoms with Gasteiger partial charge in [-0.3, -0.25) is 19.4 Å². The van der Waals surface area contributed by atoms with Crippen molar-refractivity contribution in [3.8, 4) is 22.5 Å². The summed E-state index contributed by atoms with van der Waals surface area (Å²) in [4.78, 5) is 22.1. The molecular formula is C35H45FN12O. The van der Waals surface area contributed by atoms with Crippen molar-refractivity contribution in [2.24, 2.45) is 5.73 Å². The number of hydrogen-bond acceptors (Lipinski definition) is 10. The molecule has 4 heterocycles. The third-order valence-corrected chi connectivity index (χ3v) is 7.61. The molecule has 2 aromatic carbocycles. The first-order valence-corrected chi connectivity index (χ1v) is 15.9. The average Bonchev–Trinajstić information content (AvgIpc) is 3.84. The van der Waals surface area contributed by atoms with Crippen LogP contribution >= 0.6 is 0 Å². The summed E-state index contributed by atoms with van der Waals surface area (Å²) in [5.41, 5.74) is 25.0. The van der Waals surface area contributed by atoms with Crippen LogP contribution in [0.2, 0.25) is 0 Å². The molecule has 49 heavy (non-hydrogen) atoms. The van der Waals surface area contributed by atoms with Gasteiger partial charge in [-0.2, -0.15) is 10.2 Å². The Balaban J connectivity index is 0.000000212. The molecule has 10 N–H and O–H groups in total. The number of nitrogens with two attached hydrogens (primary N) is 3. The van der Waals surface area contributed by atoms with Crippen LogP contribution in [0.4, 0.5) is 27.4 Å². The van der Waals surface area contributed by atoms with E-state index >= 15 is 0 Å². The fraction of sp³-hybridized carbons (Fsp3) is 0.286. The SMILES string of the molecule is CN(C)C(=O)CCCCNc1cc(N)nc2cc(-c3ccn[nH]3)ccc12.NCCCNc1cc(N)nc2cc(-c3ccn[nH]3)ccc12.[2H]CF. The number of amides is 1. The number of aromatic amines is 2. The van der Waals surface area contributed by atoms with Crippen molar-refractivity contribution in [1.82, 2.24) is 35.3 Å². The number of pyridine rings is 2. The highest BCUT2D eigenvalue weighted by Gasteiger charge is 2.09. The fourth-order valence-corrected chi connectivity index (χ4v) is 5.13. The molecule has 6 aromatic rings. The number of anilines is 4. The maximum Gasteiger partial charge on any atom is 0.222 e. The molecule has 13 nitrogen and oxygen atoms in total. The smallest absolute Gasteiger partial charge is 0.222 e. The predicted octanol–water partition coefficient (Wildman–Crippen LogP) is 5.43.